The summed E-state index contributed by atoms with van der Waals surface area (Å²) in [5, 5.41) is 0. The van der Waals surface area contributed by atoms with Gasteiger partial charge in [0.25, 0.3) is 0 Å². The van der Waals surface area contributed by atoms with Crippen molar-refractivity contribution in [1.82, 2.24) is 19.6 Å². The molecule has 4 nitrogen and oxygen atoms in total. The zero-order valence-electron chi connectivity index (χ0n) is 17.5. The van der Waals surface area contributed by atoms with Crippen molar-refractivity contribution in [2.45, 2.75) is 71.0 Å². The van der Waals surface area contributed by atoms with E-state index in [2.05, 4.69) is 54.3 Å². The van der Waals surface area contributed by atoms with Gasteiger partial charge in [0.15, 0.2) is 0 Å². The van der Waals surface area contributed by atoms with Crippen molar-refractivity contribution in [3.05, 3.63) is 0 Å². The van der Waals surface area contributed by atoms with E-state index in [9.17, 15) is 0 Å². The number of hydrogen-bond donors (Lipinski definition) is 0. The Morgan fingerprint density at radius 3 is 1.84 bits per heavy atom. The largest absolute Gasteiger partial charge is 0.304 e. The lowest BCUT2D eigenvalue weighted by Crippen LogP contribution is -2.58. The molecular weight excluding hydrogens is 308 g/mol. The topological polar surface area (TPSA) is 13.0 Å². The quantitative estimate of drug-likeness (QED) is 0.772. The fourth-order valence-electron chi connectivity index (χ4n) is 5.41. The van der Waals surface area contributed by atoms with Crippen LogP contribution in [0.3, 0.4) is 0 Å². The van der Waals surface area contributed by atoms with Crippen molar-refractivity contribution in [1.29, 1.82) is 0 Å². The van der Waals surface area contributed by atoms with Gasteiger partial charge >= 0.3 is 0 Å². The number of rotatable bonds is 4. The Morgan fingerprint density at radius 2 is 1.32 bits per heavy atom. The molecule has 0 N–H and O–H groups in total. The van der Waals surface area contributed by atoms with Crippen molar-refractivity contribution in [2.24, 2.45) is 5.92 Å². The van der Waals surface area contributed by atoms with Gasteiger partial charge in [0.1, 0.15) is 0 Å². The highest BCUT2D eigenvalue weighted by molar-refractivity contribution is 4.95. The molecule has 0 bridgehead atoms. The average Bonchev–Trinajstić information content (AvgIpc) is 2.62. The maximum absolute atomic E-state index is 2.80. The third kappa shape index (κ3) is 4.58. The number of nitrogens with zero attached hydrogens (tertiary/aromatic N) is 4. The summed E-state index contributed by atoms with van der Waals surface area (Å²) < 4.78 is 0. The van der Waals surface area contributed by atoms with Gasteiger partial charge in [0.05, 0.1) is 0 Å². The van der Waals surface area contributed by atoms with Crippen LogP contribution in [0.2, 0.25) is 0 Å². The minimum Gasteiger partial charge on any atom is -0.304 e. The van der Waals surface area contributed by atoms with Crippen molar-refractivity contribution < 1.29 is 0 Å². The first-order valence-electron chi connectivity index (χ1n) is 10.8. The van der Waals surface area contributed by atoms with Gasteiger partial charge < -0.3 is 4.90 Å². The summed E-state index contributed by atoms with van der Waals surface area (Å²) in [7, 11) is 2.26. The van der Waals surface area contributed by atoms with Crippen LogP contribution in [-0.4, -0.2) is 96.6 Å². The Morgan fingerprint density at radius 1 is 0.760 bits per heavy atom. The first kappa shape index (κ1) is 19.6. The van der Waals surface area contributed by atoms with Crippen LogP contribution < -0.4 is 0 Å². The van der Waals surface area contributed by atoms with Gasteiger partial charge in [0, 0.05) is 70.0 Å². The van der Waals surface area contributed by atoms with E-state index in [0.717, 1.165) is 12.0 Å². The Kier molecular flexibility index (Phi) is 6.46. The third-order valence-electron chi connectivity index (χ3n) is 7.61. The van der Waals surface area contributed by atoms with Crippen molar-refractivity contribution >= 4 is 0 Å². The molecule has 3 fully saturated rings. The van der Waals surface area contributed by atoms with Crippen LogP contribution in [0.15, 0.2) is 0 Å². The van der Waals surface area contributed by atoms with Gasteiger partial charge in [0.2, 0.25) is 0 Å². The molecular formula is C21H42N4. The molecule has 1 aliphatic carbocycles. The number of likely N-dealkylation sites (N-methyl/N-ethyl adjacent to an activating group) is 1. The summed E-state index contributed by atoms with van der Waals surface area (Å²) in [6.07, 6.45) is 5.69. The maximum Gasteiger partial charge on any atom is 0.0182 e. The Hall–Kier alpha value is -0.160. The monoisotopic (exact) mass is 350 g/mol. The Bertz CT molecular complexity index is 398. The first-order valence-corrected chi connectivity index (χ1v) is 10.8. The van der Waals surface area contributed by atoms with Crippen LogP contribution in [0, 0.1) is 5.92 Å². The number of hydrogen-bond acceptors (Lipinski definition) is 4. The normalized spacial score (nSPS) is 32.4. The van der Waals surface area contributed by atoms with Crippen molar-refractivity contribution in [3.63, 3.8) is 0 Å². The predicted octanol–water partition coefficient (Wildman–Crippen LogP) is 2.60. The Labute approximate surface area is 156 Å². The third-order valence-corrected chi connectivity index (χ3v) is 7.61. The maximum atomic E-state index is 2.80. The fourth-order valence-corrected chi connectivity index (χ4v) is 5.41. The first-order chi connectivity index (χ1) is 11.9. The van der Waals surface area contributed by atoms with Crippen LogP contribution in [0.4, 0.5) is 0 Å². The minimum atomic E-state index is 0.378. The molecule has 3 aliphatic rings. The van der Waals surface area contributed by atoms with Crippen LogP contribution in [0.5, 0.6) is 0 Å². The molecule has 2 saturated heterocycles. The van der Waals surface area contributed by atoms with Gasteiger partial charge in [-0.25, -0.2) is 0 Å². The van der Waals surface area contributed by atoms with Gasteiger partial charge in [-0.2, -0.15) is 0 Å². The molecule has 3 rings (SSSR count). The highest BCUT2D eigenvalue weighted by Crippen LogP contribution is 2.38. The lowest BCUT2D eigenvalue weighted by molar-refractivity contribution is -0.00673. The minimum absolute atomic E-state index is 0.378. The van der Waals surface area contributed by atoms with E-state index in [1.54, 1.807) is 0 Å². The van der Waals surface area contributed by atoms with E-state index in [-0.39, 0.29) is 0 Å². The van der Waals surface area contributed by atoms with Crippen LogP contribution in [0.25, 0.3) is 0 Å². The van der Waals surface area contributed by atoms with E-state index in [1.165, 1.54) is 78.0 Å². The molecule has 0 aromatic rings. The molecule has 4 heteroatoms. The van der Waals surface area contributed by atoms with Gasteiger partial charge in [-0.15, -0.1) is 0 Å². The van der Waals surface area contributed by atoms with E-state index >= 15 is 0 Å². The summed E-state index contributed by atoms with van der Waals surface area (Å²) in [4.78, 5) is 10.7. The van der Waals surface area contributed by atoms with E-state index < -0.39 is 0 Å². The Balaban J connectivity index is 1.47. The van der Waals surface area contributed by atoms with Crippen molar-refractivity contribution in [2.75, 3.05) is 59.4 Å². The lowest BCUT2D eigenvalue weighted by atomic mass is 9.73. The molecule has 0 aromatic carbocycles. The molecule has 0 spiro atoms. The second-order valence-electron chi connectivity index (χ2n) is 9.62. The zero-order chi connectivity index (χ0) is 18.0. The molecule has 0 amide bonds. The van der Waals surface area contributed by atoms with Gasteiger partial charge in [-0.05, 0) is 66.3 Å². The molecule has 146 valence electrons. The average molecular weight is 351 g/mol. The lowest BCUT2D eigenvalue weighted by Gasteiger charge is -2.50. The van der Waals surface area contributed by atoms with Crippen LogP contribution >= 0.6 is 0 Å². The summed E-state index contributed by atoms with van der Waals surface area (Å²) in [6.45, 7) is 19.8. The highest BCUT2D eigenvalue weighted by Gasteiger charge is 2.39. The van der Waals surface area contributed by atoms with Crippen molar-refractivity contribution in [3.8, 4) is 0 Å². The molecule has 0 radical (unpaired) electrons. The molecule has 0 unspecified atom stereocenters. The van der Waals surface area contributed by atoms with E-state index in [4.69, 9.17) is 0 Å². The van der Waals surface area contributed by atoms with Crippen LogP contribution in [0.1, 0.15) is 53.4 Å². The molecule has 2 heterocycles. The molecule has 25 heavy (non-hydrogen) atoms. The summed E-state index contributed by atoms with van der Waals surface area (Å²) in [5.74, 6) is 0.879. The second-order valence-corrected chi connectivity index (χ2v) is 9.62. The SMILES string of the molecule is CC(C)N1CCN(C2CCC(C(C)(C)N3CCN(C)CC3)CC2)CC1. The second kappa shape index (κ2) is 8.24. The summed E-state index contributed by atoms with van der Waals surface area (Å²) in [5.41, 5.74) is 0.378. The smallest absolute Gasteiger partial charge is 0.0182 e. The predicted molar refractivity (Wildman–Crippen MR) is 107 cm³/mol. The zero-order valence-corrected chi connectivity index (χ0v) is 17.5. The molecule has 0 aromatic heterocycles. The van der Waals surface area contributed by atoms with E-state index in [1.807, 2.05) is 0 Å². The van der Waals surface area contributed by atoms with E-state index in [0.29, 0.717) is 11.6 Å². The fraction of sp³-hybridized carbons (Fsp3) is 1.00. The molecule has 0 atom stereocenters. The summed E-state index contributed by atoms with van der Waals surface area (Å²) in [6, 6.07) is 1.57. The van der Waals surface area contributed by atoms with Crippen LogP contribution in [-0.2, 0) is 0 Å². The highest BCUT2D eigenvalue weighted by atomic mass is 15.3. The van der Waals surface area contributed by atoms with Gasteiger partial charge in [-0.1, -0.05) is 0 Å². The van der Waals surface area contributed by atoms with Gasteiger partial charge in [-0.3, -0.25) is 14.7 Å². The molecule has 1 saturated carbocycles. The summed E-state index contributed by atoms with van der Waals surface area (Å²) >= 11 is 0. The molecule has 2 aliphatic heterocycles. The number of piperazine rings is 2. The standard InChI is InChI=1S/C21H42N4/c1-18(2)23-12-14-24(15-13-23)20-8-6-19(7-9-20)21(3,4)25-16-10-22(5)11-17-25/h18-20H,6-17H2,1-5H3.